The van der Waals surface area contributed by atoms with Gasteiger partial charge in [0.05, 0.1) is 21.8 Å². The lowest BCUT2D eigenvalue weighted by molar-refractivity contribution is 0.466. The van der Waals surface area contributed by atoms with E-state index in [-0.39, 0.29) is 21.5 Å². The van der Waals surface area contributed by atoms with Crippen LogP contribution in [-0.4, -0.2) is 43.6 Å². The lowest BCUT2D eigenvalue weighted by Crippen LogP contribution is -2.26. The highest BCUT2D eigenvalue weighted by atomic mass is 35.5. The fourth-order valence-corrected chi connectivity index (χ4v) is 4.19. The van der Waals surface area contributed by atoms with Crippen molar-refractivity contribution in [3.63, 3.8) is 0 Å². The maximum Gasteiger partial charge on any atom is 0.291 e. The number of nitrogens with zero attached hydrogens (tertiary/aromatic N) is 4. The fourth-order valence-electron chi connectivity index (χ4n) is 2.78. The first-order valence-corrected chi connectivity index (χ1v) is 11.1. The van der Waals surface area contributed by atoms with Gasteiger partial charge >= 0.3 is 0 Å². The molecule has 1 aromatic heterocycles. The van der Waals surface area contributed by atoms with Crippen molar-refractivity contribution in [1.82, 2.24) is 14.1 Å². The van der Waals surface area contributed by atoms with Gasteiger partial charge < -0.3 is 4.90 Å². The molecule has 0 radical (unpaired) electrons. The van der Waals surface area contributed by atoms with Gasteiger partial charge in [0.15, 0.2) is 0 Å². The topological polar surface area (TPSA) is 75.5 Å². The van der Waals surface area contributed by atoms with Crippen molar-refractivity contribution in [2.75, 3.05) is 26.0 Å². The summed E-state index contributed by atoms with van der Waals surface area (Å²) in [5.74, 6) is 0. The van der Waals surface area contributed by atoms with Crippen LogP contribution in [0.4, 0.5) is 5.69 Å². The van der Waals surface area contributed by atoms with E-state index in [2.05, 4.69) is 5.10 Å². The van der Waals surface area contributed by atoms with E-state index in [1.165, 1.54) is 41.8 Å². The van der Waals surface area contributed by atoms with Crippen molar-refractivity contribution in [3.8, 4) is 5.69 Å². The average Bonchev–Trinajstić information content (AvgIpc) is 2.72. The number of sulfonamides is 1. The van der Waals surface area contributed by atoms with Gasteiger partial charge in [-0.25, -0.2) is 8.42 Å². The second-order valence-corrected chi connectivity index (χ2v) is 9.67. The third kappa shape index (κ3) is 4.52. The van der Waals surface area contributed by atoms with Crippen LogP contribution in [-0.2, 0) is 16.6 Å². The summed E-state index contributed by atoms with van der Waals surface area (Å²) < 4.78 is 28.2. The summed E-state index contributed by atoms with van der Waals surface area (Å²) in [6.07, 6.45) is 1.26. The molecule has 10 heteroatoms. The molecule has 0 saturated carbocycles. The Kier molecular flexibility index (Phi) is 6.52. The number of rotatable bonds is 6. The largest absolute Gasteiger partial charge is 0.378 e. The highest BCUT2D eigenvalue weighted by Gasteiger charge is 2.21. The zero-order valence-corrected chi connectivity index (χ0v) is 18.9. The predicted octanol–water partition coefficient (Wildman–Crippen LogP) is 3.43. The summed E-state index contributed by atoms with van der Waals surface area (Å²) in [5.41, 5.74) is 1.69. The van der Waals surface area contributed by atoms with Gasteiger partial charge in [-0.05, 0) is 42.0 Å². The molecule has 158 valence electrons. The molecule has 2 aromatic carbocycles. The van der Waals surface area contributed by atoms with Crippen LogP contribution in [0, 0.1) is 0 Å². The predicted molar refractivity (Wildman–Crippen MR) is 119 cm³/mol. The van der Waals surface area contributed by atoms with E-state index in [4.69, 9.17) is 23.2 Å². The Morgan fingerprint density at radius 3 is 2.13 bits per heavy atom. The van der Waals surface area contributed by atoms with E-state index in [1.54, 1.807) is 0 Å². The highest BCUT2D eigenvalue weighted by molar-refractivity contribution is 7.89. The minimum atomic E-state index is -3.72. The van der Waals surface area contributed by atoms with Crippen LogP contribution < -0.4 is 10.5 Å². The van der Waals surface area contributed by atoms with Gasteiger partial charge in [-0.2, -0.15) is 14.1 Å². The third-order valence-corrected chi connectivity index (χ3v) is 7.09. The van der Waals surface area contributed by atoms with E-state index in [0.29, 0.717) is 5.69 Å². The second-order valence-electron chi connectivity index (χ2n) is 6.84. The van der Waals surface area contributed by atoms with Gasteiger partial charge in [0.2, 0.25) is 10.0 Å². The molecule has 0 aliphatic rings. The van der Waals surface area contributed by atoms with Gasteiger partial charge in [0.1, 0.15) is 5.02 Å². The van der Waals surface area contributed by atoms with Gasteiger partial charge in [-0.3, -0.25) is 4.79 Å². The number of anilines is 1. The van der Waals surface area contributed by atoms with Gasteiger partial charge in [-0.15, -0.1) is 0 Å². The first kappa shape index (κ1) is 22.3. The second kappa shape index (κ2) is 8.77. The molecule has 0 bridgehead atoms. The van der Waals surface area contributed by atoms with Crippen LogP contribution in [0.15, 0.2) is 64.4 Å². The summed E-state index contributed by atoms with van der Waals surface area (Å²) in [6, 6.07) is 13.5. The monoisotopic (exact) mass is 466 g/mol. The Hall–Kier alpha value is -2.39. The molecule has 0 aliphatic carbocycles. The standard InChI is InChI=1S/C20H20Cl2N4O3S/c1-24(2)15-6-4-14(5-7-15)13-25(3)30(28,29)17-10-8-16(9-11-17)26-20(27)19(22)18(21)12-23-26/h4-12H,13H2,1-3H3. The molecule has 0 aliphatic heterocycles. The zero-order valence-electron chi connectivity index (χ0n) is 16.6. The molecule has 0 fully saturated rings. The van der Waals surface area contributed by atoms with E-state index in [0.717, 1.165) is 15.9 Å². The summed E-state index contributed by atoms with van der Waals surface area (Å²) >= 11 is 11.7. The van der Waals surface area contributed by atoms with Gasteiger partial charge in [0.25, 0.3) is 5.56 Å². The molecular formula is C20H20Cl2N4O3S. The minimum absolute atomic E-state index is 0.0531. The fraction of sp³-hybridized carbons (Fsp3) is 0.200. The molecule has 0 amide bonds. The molecule has 0 spiro atoms. The maximum absolute atomic E-state index is 12.9. The molecule has 3 aromatic rings. The number of hydrogen-bond acceptors (Lipinski definition) is 5. The SMILES string of the molecule is CN(C)c1ccc(CN(C)S(=O)(=O)c2ccc(-n3ncc(Cl)c(Cl)c3=O)cc2)cc1. The zero-order chi connectivity index (χ0) is 22.1. The molecule has 7 nitrogen and oxygen atoms in total. The number of hydrogen-bond donors (Lipinski definition) is 0. The lowest BCUT2D eigenvalue weighted by atomic mass is 10.2. The van der Waals surface area contributed by atoms with Crippen molar-refractivity contribution < 1.29 is 8.42 Å². The van der Waals surface area contributed by atoms with E-state index >= 15 is 0 Å². The number of benzene rings is 2. The Morgan fingerprint density at radius 2 is 1.57 bits per heavy atom. The third-order valence-electron chi connectivity index (χ3n) is 4.52. The Bertz CT molecular complexity index is 1210. The quantitative estimate of drug-likeness (QED) is 0.556. The molecule has 3 rings (SSSR count). The Labute approximate surface area is 185 Å². The summed E-state index contributed by atoms with van der Waals surface area (Å²) in [5, 5.41) is 3.84. The summed E-state index contributed by atoms with van der Waals surface area (Å²) in [6.45, 7) is 0.228. The van der Waals surface area contributed by atoms with Crippen molar-refractivity contribution in [2.45, 2.75) is 11.4 Å². The molecule has 0 atom stereocenters. The van der Waals surface area contributed by atoms with Crippen molar-refractivity contribution in [3.05, 3.63) is 80.7 Å². The van der Waals surface area contributed by atoms with Crippen LogP contribution >= 0.6 is 23.2 Å². The van der Waals surface area contributed by atoms with Crippen LogP contribution in [0.25, 0.3) is 5.69 Å². The summed E-state index contributed by atoms with van der Waals surface area (Å²) in [4.78, 5) is 14.3. The van der Waals surface area contributed by atoms with Crippen molar-refractivity contribution >= 4 is 38.9 Å². The van der Waals surface area contributed by atoms with Crippen LogP contribution in [0.2, 0.25) is 10.0 Å². The first-order valence-electron chi connectivity index (χ1n) is 8.87. The Balaban J connectivity index is 1.82. The number of aromatic nitrogens is 2. The first-order chi connectivity index (χ1) is 14.1. The lowest BCUT2D eigenvalue weighted by Gasteiger charge is -2.18. The highest BCUT2D eigenvalue weighted by Crippen LogP contribution is 2.21. The smallest absolute Gasteiger partial charge is 0.291 e. The molecule has 0 saturated heterocycles. The van der Waals surface area contributed by atoms with Gasteiger partial charge in [-0.1, -0.05) is 35.3 Å². The van der Waals surface area contributed by atoms with E-state index < -0.39 is 15.6 Å². The molecule has 30 heavy (non-hydrogen) atoms. The maximum atomic E-state index is 12.9. The Morgan fingerprint density at radius 1 is 0.967 bits per heavy atom. The minimum Gasteiger partial charge on any atom is -0.378 e. The molecule has 0 N–H and O–H groups in total. The summed E-state index contributed by atoms with van der Waals surface area (Å²) in [7, 11) is 1.68. The molecular weight excluding hydrogens is 447 g/mol. The number of halogens is 2. The van der Waals surface area contributed by atoms with Crippen molar-refractivity contribution in [2.24, 2.45) is 0 Å². The normalized spacial score (nSPS) is 11.7. The van der Waals surface area contributed by atoms with Crippen LogP contribution in [0.5, 0.6) is 0 Å². The van der Waals surface area contributed by atoms with Crippen LogP contribution in [0.1, 0.15) is 5.56 Å². The molecule has 1 heterocycles. The van der Waals surface area contributed by atoms with Crippen LogP contribution in [0.3, 0.4) is 0 Å². The van der Waals surface area contributed by atoms with E-state index in [1.807, 2.05) is 43.3 Å². The molecule has 0 unspecified atom stereocenters. The average molecular weight is 467 g/mol. The van der Waals surface area contributed by atoms with Crippen molar-refractivity contribution in [1.29, 1.82) is 0 Å². The van der Waals surface area contributed by atoms with Gasteiger partial charge in [0, 0.05) is 33.4 Å². The van der Waals surface area contributed by atoms with E-state index in [9.17, 15) is 13.2 Å².